The first kappa shape index (κ1) is 18.1. The number of benzene rings is 2. The lowest BCUT2D eigenvalue weighted by Crippen LogP contribution is -2.38. The smallest absolute Gasteiger partial charge is 0.329 e. The van der Waals surface area contributed by atoms with E-state index in [4.69, 9.17) is 4.74 Å². The number of carbonyl (C=O) groups is 3. The minimum atomic E-state index is -0.743. The van der Waals surface area contributed by atoms with Crippen LogP contribution in [0.4, 0.5) is 14.9 Å². The van der Waals surface area contributed by atoms with Crippen molar-refractivity contribution in [2.75, 3.05) is 19.0 Å². The molecule has 3 rings (SSSR count). The highest BCUT2D eigenvalue weighted by Gasteiger charge is 2.35. The van der Waals surface area contributed by atoms with E-state index >= 15 is 0 Å². The molecule has 0 bridgehead atoms. The normalized spacial score (nSPS) is 15.0. The van der Waals surface area contributed by atoms with E-state index in [-0.39, 0.29) is 11.3 Å². The molecule has 2 aromatic carbocycles. The number of halogens is 1. The molecule has 4 amide bonds. The number of anilines is 1. The van der Waals surface area contributed by atoms with Crippen molar-refractivity contribution < 1.29 is 23.5 Å². The van der Waals surface area contributed by atoms with Crippen LogP contribution < -0.4 is 15.4 Å². The van der Waals surface area contributed by atoms with Crippen molar-refractivity contribution in [1.82, 2.24) is 10.2 Å². The third-order valence-corrected chi connectivity index (χ3v) is 3.84. The highest BCUT2D eigenvalue weighted by molar-refractivity contribution is 6.15. The van der Waals surface area contributed by atoms with Gasteiger partial charge in [0, 0.05) is 11.3 Å². The highest BCUT2D eigenvalue weighted by atomic mass is 19.1. The maximum absolute atomic E-state index is 13.7. The number of nitrogens with one attached hydrogen (secondary N) is 2. The molecule has 8 heteroatoms. The summed E-state index contributed by atoms with van der Waals surface area (Å²) in [5, 5.41) is 4.94. The Morgan fingerprint density at radius 2 is 1.89 bits per heavy atom. The van der Waals surface area contributed by atoms with Gasteiger partial charge in [0.1, 0.15) is 23.8 Å². The molecule has 1 saturated heterocycles. The Hall–Kier alpha value is -3.68. The number of carbonyl (C=O) groups excluding carboxylic acids is 3. The summed E-state index contributed by atoms with van der Waals surface area (Å²) in [5.74, 6) is -1.14. The van der Waals surface area contributed by atoms with Crippen LogP contribution in [0.25, 0.3) is 6.08 Å². The molecule has 0 atom stereocenters. The lowest BCUT2D eigenvalue weighted by molar-refractivity contribution is -0.127. The fraction of sp³-hybridized carbons (Fsp3) is 0.105. The zero-order chi connectivity index (χ0) is 19.4. The van der Waals surface area contributed by atoms with Crippen LogP contribution in [0.3, 0.4) is 0 Å². The quantitative estimate of drug-likeness (QED) is 0.626. The van der Waals surface area contributed by atoms with Gasteiger partial charge in [0.05, 0.1) is 7.11 Å². The molecule has 0 unspecified atom stereocenters. The number of imide groups is 1. The van der Waals surface area contributed by atoms with Crippen molar-refractivity contribution in [2.45, 2.75) is 0 Å². The van der Waals surface area contributed by atoms with E-state index in [1.807, 2.05) is 0 Å². The van der Waals surface area contributed by atoms with Gasteiger partial charge in [-0.3, -0.25) is 9.59 Å². The number of nitrogens with zero attached hydrogens (tertiary/aromatic N) is 1. The number of rotatable bonds is 5. The van der Waals surface area contributed by atoms with Crippen molar-refractivity contribution in [3.63, 3.8) is 0 Å². The second-order valence-electron chi connectivity index (χ2n) is 5.68. The Morgan fingerprint density at radius 3 is 2.56 bits per heavy atom. The van der Waals surface area contributed by atoms with Crippen LogP contribution in [0, 0.1) is 5.82 Å². The Balaban J connectivity index is 1.68. The third kappa shape index (κ3) is 4.12. The summed E-state index contributed by atoms with van der Waals surface area (Å²) in [6.07, 6.45) is 1.23. The second kappa shape index (κ2) is 7.69. The molecule has 27 heavy (non-hydrogen) atoms. The maximum atomic E-state index is 13.7. The average Bonchev–Trinajstić information content (AvgIpc) is 2.91. The van der Waals surface area contributed by atoms with Crippen LogP contribution in [0.5, 0.6) is 5.75 Å². The summed E-state index contributed by atoms with van der Waals surface area (Å²) in [7, 11) is 1.53. The van der Waals surface area contributed by atoms with Gasteiger partial charge in [-0.25, -0.2) is 14.1 Å². The molecule has 1 fully saturated rings. The summed E-state index contributed by atoms with van der Waals surface area (Å²) in [4.78, 5) is 37.3. The predicted molar refractivity (Wildman–Crippen MR) is 96.2 cm³/mol. The molecular weight excluding hydrogens is 353 g/mol. The number of hydrogen-bond donors (Lipinski definition) is 2. The lowest BCUT2D eigenvalue weighted by Gasteiger charge is -2.12. The van der Waals surface area contributed by atoms with Gasteiger partial charge in [-0.05, 0) is 36.4 Å². The van der Waals surface area contributed by atoms with Crippen LogP contribution in [0.15, 0.2) is 54.2 Å². The third-order valence-electron chi connectivity index (χ3n) is 3.84. The first-order valence-electron chi connectivity index (χ1n) is 8.01. The monoisotopic (exact) mass is 369 g/mol. The summed E-state index contributed by atoms with van der Waals surface area (Å²) in [5.41, 5.74) is 0.558. The Morgan fingerprint density at radius 1 is 1.19 bits per heavy atom. The minimum Gasteiger partial charge on any atom is -0.497 e. The molecule has 1 aliphatic rings. The van der Waals surface area contributed by atoms with Gasteiger partial charge >= 0.3 is 6.03 Å². The van der Waals surface area contributed by atoms with Crippen LogP contribution in [-0.4, -0.2) is 36.4 Å². The van der Waals surface area contributed by atoms with Crippen molar-refractivity contribution in [1.29, 1.82) is 0 Å². The van der Waals surface area contributed by atoms with Crippen LogP contribution >= 0.6 is 0 Å². The molecule has 138 valence electrons. The van der Waals surface area contributed by atoms with Gasteiger partial charge in [0.15, 0.2) is 0 Å². The molecular formula is C19H16FN3O4. The fourth-order valence-corrected chi connectivity index (χ4v) is 2.48. The molecule has 1 heterocycles. The first-order chi connectivity index (χ1) is 13.0. The predicted octanol–water partition coefficient (Wildman–Crippen LogP) is 2.37. The summed E-state index contributed by atoms with van der Waals surface area (Å²) in [6, 6.07) is 11.7. The van der Waals surface area contributed by atoms with E-state index in [0.717, 1.165) is 4.90 Å². The Kier molecular flexibility index (Phi) is 5.16. The van der Waals surface area contributed by atoms with Crippen LogP contribution in [-0.2, 0) is 9.59 Å². The van der Waals surface area contributed by atoms with E-state index in [9.17, 15) is 18.8 Å². The Labute approximate surface area is 154 Å². The number of urea groups is 1. The van der Waals surface area contributed by atoms with E-state index in [2.05, 4.69) is 10.6 Å². The number of amides is 4. The highest BCUT2D eigenvalue weighted by Crippen LogP contribution is 2.17. The van der Waals surface area contributed by atoms with Gasteiger partial charge in [-0.2, -0.15) is 0 Å². The van der Waals surface area contributed by atoms with Gasteiger partial charge in [-0.1, -0.05) is 18.2 Å². The molecule has 0 aliphatic carbocycles. The van der Waals surface area contributed by atoms with Gasteiger partial charge in [-0.15, -0.1) is 0 Å². The lowest BCUT2D eigenvalue weighted by atomic mass is 10.2. The largest absolute Gasteiger partial charge is 0.497 e. The van der Waals surface area contributed by atoms with E-state index in [0.29, 0.717) is 11.4 Å². The molecule has 1 aliphatic heterocycles. The fourth-order valence-electron chi connectivity index (χ4n) is 2.48. The zero-order valence-corrected chi connectivity index (χ0v) is 14.4. The van der Waals surface area contributed by atoms with Crippen LogP contribution in [0.1, 0.15) is 5.56 Å². The minimum absolute atomic E-state index is 0.0950. The summed E-state index contributed by atoms with van der Waals surface area (Å²) in [6.45, 7) is -0.467. The topological polar surface area (TPSA) is 87.7 Å². The first-order valence-corrected chi connectivity index (χ1v) is 8.01. The van der Waals surface area contributed by atoms with E-state index in [1.54, 1.807) is 30.3 Å². The van der Waals surface area contributed by atoms with Gasteiger partial charge in [0.25, 0.3) is 5.91 Å². The molecule has 0 saturated carbocycles. The van der Waals surface area contributed by atoms with Crippen molar-refractivity contribution >= 4 is 29.6 Å². The number of methoxy groups -OCH3 is 1. The van der Waals surface area contributed by atoms with Gasteiger partial charge in [0.2, 0.25) is 5.91 Å². The second-order valence-corrected chi connectivity index (χ2v) is 5.68. The molecule has 0 radical (unpaired) electrons. The SMILES string of the molecule is COc1ccc(NC(=O)CN2C(=O)NC(=Cc3ccccc3F)C2=O)cc1. The molecule has 2 aromatic rings. The number of hydrogen-bond acceptors (Lipinski definition) is 4. The van der Waals surface area contributed by atoms with Crippen molar-refractivity contribution in [2.24, 2.45) is 0 Å². The molecule has 0 spiro atoms. The molecule has 0 aromatic heterocycles. The molecule has 2 N–H and O–H groups in total. The van der Waals surface area contributed by atoms with Gasteiger partial charge < -0.3 is 15.4 Å². The Bertz CT molecular complexity index is 925. The summed E-state index contributed by atoms with van der Waals surface area (Å²) < 4.78 is 18.7. The number of ether oxygens (including phenoxy) is 1. The maximum Gasteiger partial charge on any atom is 0.329 e. The van der Waals surface area contributed by atoms with Crippen molar-refractivity contribution in [3.05, 3.63) is 65.6 Å². The van der Waals surface area contributed by atoms with E-state index < -0.39 is 30.2 Å². The van der Waals surface area contributed by atoms with Crippen molar-refractivity contribution in [3.8, 4) is 5.75 Å². The molecule has 7 nitrogen and oxygen atoms in total. The zero-order valence-electron chi connectivity index (χ0n) is 14.4. The summed E-state index contributed by atoms with van der Waals surface area (Å²) >= 11 is 0. The van der Waals surface area contributed by atoms with E-state index in [1.165, 1.54) is 31.4 Å². The average molecular weight is 369 g/mol. The standard InChI is InChI=1S/C19H16FN3O4/c1-27-14-8-6-13(7-9-14)21-17(24)11-23-18(25)16(22-19(23)26)10-12-4-2-3-5-15(12)20/h2-10H,11H2,1H3,(H,21,24)(H,22,26). The van der Waals surface area contributed by atoms with Crippen LogP contribution in [0.2, 0.25) is 0 Å².